The highest BCUT2D eigenvalue weighted by atomic mass is 14.2. The molecule has 37 heavy (non-hydrogen) atoms. The minimum atomic E-state index is 0.992. The fourth-order valence-corrected chi connectivity index (χ4v) is 5.66. The van der Waals surface area contributed by atoms with Crippen LogP contribution in [0.25, 0.3) is 49.4 Å². The van der Waals surface area contributed by atoms with Crippen molar-refractivity contribution in [3.8, 4) is 22.3 Å². The second-order valence-corrected chi connectivity index (χ2v) is 9.63. The highest BCUT2D eigenvalue weighted by molar-refractivity contribution is 6.21. The summed E-state index contributed by atoms with van der Waals surface area (Å²) in [5, 5.41) is 5.15. The Morgan fingerprint density at radius 2 is 1.05 bits per heavy atom. The van der Waals surface area contributed by atoms with Crippen LogP contribution in [-0.4, -0.2) is 0 Å². The van der Waals surface area contributed by atoms with E-state index >= 15 is 0 Å². The summed E-state index contributed by atoms with van der Waals surface area (Å²) < 4.78 is 0. The van der Waals surface area contributed by atoms with Gasteiger partial charge in [0.2, 0.25) is 0 Å². The normalized spacial score (nSPS) is 11.8. The Balaban J connectivity index is 1.65. The van der Waals surface area contributed by atoms with Gasteiger partial charge in [0, 0.05) is 0 Å². The molecule has 0 heteroatoms. The molecule has 0 unspecified atom stereocenters. The molecule has 0 saturated heterocycles. The van der Waals surface area contributed by atoms with Gasteiger partial charge in [-0.25, -0.2) is 0 Å². The molecule has 6 aromatic rings. The third kappa shape index (κ3) is 4.15. The molecule has 178 valence electrons. The van der Waals surface area contributed by atoms with E-state index in [0.717, 1.165) is 6.42 Å². The van der Waals surface area contributed by atoms with Crippen LogP contribution in [0, 0.1) is 6.92 Å². The minimum absolute atomic E-state index is 0.992. The van der Waals surface area contributed by atoms with E-state index in [1.54, 1.807) is 0 Å². The van der Waals surface area contributed by atoms with Crippen LogP contribution in [0.15, 0.2) is 133 Å². The second kappa shape index (κ2) is 9.91. The molecule has 0 radical (unpaired) electrons. The number of benzene rings is 6. The zero-order valence-corrected chi connectivity index (χ0v) is 21.4. The summed E-state index contributed by atoms with van der Waals surface area (Å²) in [6.45, 7) is 4.41. The van der Waals surface area contributed by atoms with E-state index in [9.17, 15) is 0 Å². The molecule has 0 aliphatic heterocycles. The van der Waals surface area contributed by atoms with Crippen molar-refractivity contribution < 1.29 is 0 Å². The van der Waals surface area contributed by atoms with Gasteiger partial charge in [-0.15, -0.1) is 0 Å². The third-order valence-corrected chi connectivity index (χ3v) is 7.30. The van der Waals surface area contributed by atoms with E-state index in [1.165, 1.54) is 66.1 Å². The fourth-order valence-electron chi connectivity index (χ4n) is 5.66. The van der Waals surface area contributed by atoms with Crippen molar-refractivity contribution in [2.24, 2.45) is 0 Å². The molecule has 0 spiro atoms. The number of hydrogen-bond donors (Lipinski definition) is 0. The first-order valence-electron chi connectivity index (χ1n) is 13.1. The number of aryl methyl sites for hydroxylation is 1. The van der Waals surface area contributed by atoms with Gasteiger partial charge in [-0.3, -0.25) is 0 Å². The molecule has 0 heterocycles. The molecule has 6 aromatic carbocycles. The molecule has 0 saturated carbocycles. The van der Waals surface area contributed by atoms with Crippen LogP contribution in [0.5, 0.6) is 0 Å². The fraction of sp³-hybridized carbons (Fsp3) is 0.0811. The monoisotopic (exact) mass is 474 g/mol. The van der Waals surface area contributed by atoms with E-state index in [4.69, 9.17) is 0 Å². The summed E-state index contributed by atoms with van der Waals surface area (Å²) >= 11 is 0. The summed E-state index contributed by atoms with van der Waals surface area (Å²) in [4.78, 5) is 0. The van der Waals surface area contributed by atoms with Crippen LogP contribution in [0.4, 0.5) is 0 Å². The maximum Gasteiger partial charge on any atom is -0.00262 e. The van der Waals surface area contributed by atoms with Gasteiger partial charge in [0.1, 0.15) is 0 Å². The molecule has 0 aliphatic carbocycles. The number of fused-ring (bicyclic) bond motifs is 2. The Kier molecular flexibility index (Phi) is 6.16. The van der Waals surface area contributed by atoms with Gasteiger partial charge in [-0.2, -0.15) is 0 Å². The molecule has 6 rings (SSSR count). The average molecular weight is 475 g/mol. The smallest absolute Gasteiger partial charge is 0.00262 e. The average Bonchev–Trinajstić information content (AvgIpc) is 2.95. The van der Waals surface area contributed by atoms with Crippen molar-refractivity contribution in [3.05, 3.63) is 150 Å². The quantitative estimate of drug-likeness (QED) is 0.218. The van der Waals surface area contributed by atoms with Gasteiger partial charge in [0.05, 0.1) is 0 Å². The summed E-state index contributed by atoms with van der Waals surface area (Å²) in [5.74, 6) is 0. The standard InChI is InChI=1S/C37H30/c1-3-14-31(30-20-8-7-15-26(30)2)28-18-13-19-29(25-28)37-34-23-11-9-21-32(34)36(27-16-5-4-6-17-27)33-22-10-12-24-35(33)37/h4-25H,3H2,1-2H3/b31-14-. The first-order valence-corrected chi connectivity index (χ1v) is 13.1. The van der Waals surface area contributed by atoms with E-state index in [1.807, 2.05) is 0 Å². The molecular formula is C37H30. The highest BCUT2D eigenvalue weighted by Crippen LogP contribution is 2.44. The minimum Gasteiger partial charge on any atom is -0.0763 e. The van der Waals surface area contributed by atoms with Crippen LogP contribution in [0.3, 0.4) is 0 Å². The predicted molar refractivity (Wildman–Crippen MR) is 161 cm³/mol. The molecule has 0 fully saturated rings. The van der Waals surface area contributed by atoms with Gasteiger partial charge in [-0.1, -0.05) is 134 Å². The Hall–Kier alpha value is -4.42. The van der Waals surface area contributed by atoms with Gasteiger partial charge in [0.25, 0.3) is 0 Å². The molecule has 0 bridgehead atoms. The summed E-state index contributed by atoms with van der Waals surface area (Å²) in [5.41, 5.74) is 10.3. The topological polar surface area (TPSA) is 0 Å². The molecular weight excluding hydrogens is 444 g/mol. The molecule has 0 aromatic heterocycles. The lowest BCUT2D eigenvalue weighted by molar-refractivity contribution is 1.22. The number of allylic oxidation sites excluding steroid dienone is 1. The van der Waals surface area contributed by atoms with Gasteiger partial charge in [-0.05, 0) is 85.5 Å². The Labute approximate surface area is 219 Å². The Bertz CT molecular complexity index is 1700. The third-order valence-electron chi connectivity index (χ3n) is 7.30. The van der Waals surface area contributed by atoms with Crippen LogP contribution in [-0.2, 0) is 0 Å². The lowest BCUT2D eigenvalue weighted by Crippen LogP contribution is -1.94. The summed E-state index contributed by atoms with van der Waals surface area (Å²) in [6, 6.07) is 46.3. The van der Waals surface area contributed by atoms with Crippen LogP contribution >= 0.6 is 0 Å². The van der Waals surface area contributed by atoms with Crippen LogP contribution in [0.1, 0.15) is 30.0 Å². The SMILES string of the molecule is CC/C=C(/c1cccc(-c2c3ccccc3c(-c3ccccc3)c3ccccc23)c1)c1ccccc1C. The van der Waals surface area contributed by atoms with Gasteiger partial charge < -0.3 is 0 Å². The van der Waals surface area contributed by atoms with Crippen LogP contribution in [0.2, 0.25) is 0 Å². The molecule has 0 atom stereocenters. The van der Waals surface area contributed by atoms with Gasteiger partial charge >= 0.3 is 0 Å². The van der Waals surface area contributed by atoms with Crippen molar-refractivity contribution >= 4 is 27.1 Å². The maximum absolute atomic E-state index is 2.38. The highest BCUT2D eigenvalue weighted by Gasteiger charge is 2.17. The van der Waals surface area contributed by atoms with Crippen molar-refractivity contribution in [1.29, 1.82) is 0 Å². The first kappa shape index (κ1) is 23.0. The van der Waals surface area contributed by atoms with Crippen molar-refractivity contribution in [1.82, 2.24) is 0 Å². The Morgan fingerprint density at radius 3 is 1.65 bits per heavy atom. The van der Waals surface area contributed by atoms with Crippen LogP contribution < -0.4 is 0 Å². The maximum atomic E-state index is 2.38. The zero-order chi connectivity index (χ0) is 25.2. The van der Waals surface area contributed by atoms with Crippen molar-refractivity contribution in [3.63, 3.8) is 0 Å². The van der Waals surface area contributed by atoms with E-state index in [-0.39, 0.29) is 0 Å². The van der Waals surface area contributed by atoms with Gasteiger partial charge in [0.15, 0.2) is 0 Å². The van der Waals surface area contributed by atoms with E-state index in [2.05, 4.69) is 147 Å². The largest absolute Gasteiger partial charge is 0.0763 e. The van der Waals surface area contributed by atoms with E-state index in [0.29, 0.717) is 0 Å². The molecule has 0 aliphatic rings. The molecule has 0 nitrogen and oxygen atoms in total. The second-order valence-electron chi connectivity index (χ2n) is 9.63. The summed E-state index contributed by atoms with van der Waals surface area (Å²) in [7, 11) is 0. The first-order chi connectivity index (χ1) is 18.3. The predicted octanol–water partition coefficient (Wildman–Crippen LogP) is 10.5. The zero-order valence-electron chi connectivity index (χ0n) is 21.4. The Morgan fingerprint density at radius 1 is 0.541 bits per heavy atom. The molecule has 0 amide bonds. The van der Waals surface area contributed by atoms with Crippen molar-refractivity contribution in [2.45, 2.75) is 20.3 Å². The number of rotatable bonds is 5. The molecule has 0 N–H and O–H groups in total. The summed E-state index contributed by atoms with van der Waals surface area (Å²) in [6.07, 6.45) is 3.35. The lowest BCUT2D eigenvalue weighted by Gasteiger charge is -2.19. The van der Waals surface area contributed by atoms with Crippen molar-refractivity contribution in [2.75, 3.05) is 0 Å². The van der Waals surface area contributed by atoms with E-state index < -0.39 is 0 Å². The number of hydrogen-bond acceptors (Lipinski definition) is 0. The lowest BCUT2D eigenvalue weighted by atomic mass is 9.85.